The predicted octanol–water partition coefficient (Wildman–Crippen LogP) is 3.38. The summed E-state index contributed by atoms with van der Waals surface area (Å²) in [6.45, 7) is 0.894. The summed E-state index contributed by atoms with van der Waals surface area (Å²) in [4.78, 5) is 35.5. The van der Waals surface area contributed by atoms with Crippen molar-refractivity contribution in [2.75, 3.05) is 13.1 Å². The second kappa shape index (κ2) is 8.61. The van der Waals surface area contributed by atoms with Crippen molar-refractivity contribution in [3.05, 3.63) is 88.2 Å². The Morgan fingerprint density at radius 2 is 1.89 bits per heavy atom. The monoisotopic (exact) mass is 502 g/mol. The molecule has 5 aromatic rings. The number of aliphatic hydroxyl groups is 1. The lowest BCUT2D eigenvalue weighted by molar-refractivity contribution is -0.0299. The molecule has 2 N–H and O–H groups in total. The van der Waals surface area contributed by atoms with Crippen LogP contribution in [0.1, 0.15) is 23.2 Å². The van der Waals surface area contributed by atoms with Crippen molar-refractivity contribution >= 4 is 39.4 Å². The number of likely N-dealkylation sites (tertiary alicyclic amines) is 1. The first-order valence-electron chi connectivity index (χ1n) is 11.7. The summed E-state index contributed by atoms with van der Waals surface area (Å²) < 4.78 is 3.01. The first-order valence-corrected chi connectivity index (χ1v) is 12.1. The summed E-state index contributed by atoms with van der Waals surface area (Å²) in [7, 11) is 0. The largest absolute Gasteiger partial charge is 0.388 e. The molecule has 0 aliphatic carbocycles. The summed E-state index contributed by atoms with van der Waals surface area (Å²) in [6.07, 6.45) is 5.49. The van der Waals surface area contributed by atoms with Crippen LogP contribution in [0.5, 0.6) is 0 Å². The summed E-state index contributed by atoms with van der Waals surface area (Å²) >= 11 is 5.97. The van der Waals surface area contributed by atoms with Crippen LogP contribution in [0.2, 0.25) is 5.02 Å². The van der Waals surface area contributed by atoms with Crippen LogP contribution in [0.3, 0.4) is 0 Å². The fraction of sp³-hybridized carbons (Fsp3) is 0.231. The van der Waals surface area contributed by atoms with Crippen LogP contribution in [-0.4, -0.2) is 58.9 Å². The maximum atomic E-state index is 13.2. The molecule has 6 rings (SSSR count). The summed E-state index contributed by atoms with van der Waals surface area (Å²) in [6, 6.07) is 14.7. The smallest absolute Gasteiger partial charge is 0.264 e. The van der Waals surface area contributed by atoms with Gasteiger partial charge in [-0.1, -0.05) is 17.7 Å². The minimum Gasteiger partial charge on any atom is -0.388 e. The van der Waals surface area contributed by atoms with Crippen molar-refractivity contribution in [1.82, 2.24) is 29.2 Å². The summed E-state index contributed by atoms with van der Waals surface area (Å²) in [5, 5.41) is 17.6. The molecule has 0 spiro atoms. The second-order valence-electron chi connectivity index (χ2n) is 9.24. The van der Waals surface area contributed by atoms with Gasteiger partial charge >= 0.3 is 0 Å². The Morgan fingerprint density at radius 3 is 2.67 bits per heavy atom. The number of nitrogens with zero attached hydrogens (tertiary/aromatic N) is 5. The predicted molar refractivity (Wildman–Crippen MR) is 137 cm³/mol. The van der Waals surface area contributed by atoms with E-state index < -0.39 is 5.60 Å². The SMILES string of the molecule is O=C(c1ccc2cc[nH]c2c1)N1CCC(O)(Cn2cnc3c(cnn3-c3ccc(Cl)cc3)c2=O)CC1. The van der Waals surface area contributed by atoms with Gasteiger partial charge in [0, 0.05) is 35.4 Å². The number of carbonyl (C=O) groups excluding carboxylic acids is 1. The van der Waals surface area contributed by atoms with Gasteiger partial charge in [0.1, 0.15) is 11.7 Å². The fourth-order valence-electron chi connectivity index (χ4n) is 4.80. The number of halogens is 1. The zero-order chi connectivity index (χ0) is 24.9. The molecule has 182 valence electrons. The van der Waals surface area contributed by atoms with E-state index in [-0.39, 0.29) is 18.0 Å². The Kier molecular flexibility index (Phi) is 5.39. The molecule has 0 unspecified atom stereocenters. The lowest BCUT2D eigenvalue weighted by Crippen LogP contribution is -2.49. The minimum atomic E-state index is -1.12. The van der Waals surface area contributed by atoms with Crippen LogP contribution in [0.4, 0.5) is 0 Å². The molecular formula is C26H23ClN6O3. The van der Waals surface area contributed by atoms with Crippen LogP contribution in [0, 0.1) is 0 Å². The van der Waals surface area contributed by atoms with Crippen LogP contribution in [0.15, 0.2) is 72.0 Å². The van der Waals surface area contributed by atoms with Gasteiger partial charge in [-0.05, 0) is 60.7 Å². The molecule has 1 aliphatic heterocycles. The number of nitrogens with one attached hydrogen (secondary N) is 1. The molecule has 9 nitrogen and oxygen atoms in total. The van der Waals surface area contributed by atoms with Gasteiger partial charge in [0.2, 0.25) is 0 Å². The molecule has 0 atom stereocenters. The third-order valence-electron chi connectivity index (χ3n) is 6.87. The first kappa shape index (κ1) is 22.5. The van der Waals surface area contributed by atoms with Crippen molar-refractivity contribution in [1.29, 1.82) is 0 Å². The summed E-state index contributed by atoms with van der Waals surface area (Å²) in [5.74, 6) is -0.0663. The zero-order valence-electron chi connectivity index (χ0n) is 19.3. The van der Waals surface area contributed by atoms with Crippen molar-refractivity contribution < 1.29 is 9.90 Å². The minimum absolute atomic E-state index is 0.0663. The number of fused-ring (bicyclic) bond motifs is 2. The van der Waals surface area contributed by atoms with Gasteiger partial charge in [-0.2, -0.15) is 5.10 Å². The van der Waals surface area contributed by atoms with Gasteiger partial charge in [-0.25, -0.2) is 9.67 Å². The van der Waals surface area contributed by atoms with E-state index in [1.165, 1.54) is 17.1 Å². The van der Waals surface area contributed by atoms with Crippen molar-refractivity contribution in [2.24, 2.45) is 0 Å². The molecule has 1 amide bonds. The van der Waals surface area contributed by atoms with Gasteiger partial charge in [-0.15, -0.1) is 0 Å². The number of rotatable bonds is 4. The first-order chi connectivity index (χ1) is 17.4. The lowest BCUT2D eigenvalue weighted by atomic mass is 9.91. The second-order valence-corrected chi connectivity index (χ2v) is 9.68. The van der Waals surface area contributed by atoms with Crippen molar-refractivity contribution in [3.63, 3.8) is 0 Å². The van der Waals surface area contributed by atoms with Gasteiger partial charge in [-0.3, -0.25) is 14.2 Å². The number of H-pyrrole nitrogens is 1. The highest BCUT2D eigenvalue weighted by Crippen LogP contribution is 2.26. The number of aromatic amines is 1. The van der Waals surface area contributed by atoms with E-state index in [9.17, 15) is 14.7 Å². The Balaban J connectivity index is 1.18. The van der Waals surface area contributed by atoms with Crippen molar-refractivity contribution in [2.45, 2.75) is 25.0 Å². The van der Waals surface area contributed by atoms with Gasteiger partial charge < -0.3 is 15.0 Å². The molecule has 36 heavy (non-hydrogen) atoms. The zero-order valence-corrected chi connectivity index (χ0v) is 20.0. The van der Waals surface area contributed by atoms with E-state index >= 15 is 0 Å². The number of piperidine rings is 1. The van der Waals surface area contributed by atoms with E-state index in [1.54, 1.807) is 33.8 Å². The van der Waals surface area contributed by atoms with Crippen LogP contribution in [-0.2, 0) is 6.54 Å². The molecule has 1 saturated heterocycles. The Bertz CT molecular complexity index is 1640. The molecule has 1 aliphatic rings. The van der Waals surface area contributed by atoms with Crippen LogP contribution < -0.4 is 5.56 Å². The molecule has 0 saturated carbocycles. The molecular weight excluding hydrogens is 480 g/mol. The third-order valence-corrected chi connectivity index (χ3v) is 7.13. The average molecular weight is 503 g/mol. The highest BCUT2D eigenvalue weighted by atomic mass is 35.5. The number of hydrogen-bond acceptors (Lipinski definition) is 5. The maximum absolute atomic E-state index is 13.2. The van der Waals surface area contributed by atoms with Gasteiger partial charge in [0.05, 0.1) is 24.0 Å². The molecule has 4 heterocycles. The molecule has 1 fully saturated rings. The average Bonchev–Trinajstić information content (AvgIpc) is 3.53. The number of hydrogen-bond donors (Lipinski definition) is 2. The number of benzene rings is 2. The van der Waals surface area contributed by atoms with Crippen LogP contribution in [0.25, 0.3) is 27.6 Å². The Hall–Kier alpha value is -3.95. The topological polar surface area (TPSA) is 109 Å². The number of carbonyl (C=O) groups is 1. The van der Waals surface area contributed by atoms with Gasteiger partial charge in [0.15, 0.2) is 5.65 Å². The Morgan fingerprint density at radius 1 is 1.11 bits per heavy atom. The quantitative estimate of drug-likeness (QED) is 0.391. The van der Waals surface area contributed by atoms with Crippen molar-refractivity contribution in [3.8, 4) is 5.69 Å². The highest BCUT2D eigenvalue weighted by molar-refractivity contribution is 6.30. The highest BCUT2D eigenvalue weighted by Gasteiger charge is 2.35. The van der Waals surface area contributed by atoms with E-state index in [2.05, 4.69) is 15.1 Å². The van der Waals surface area contributed by atoms with E-state index in [0.29, 0.717) is 47.6 Å². The van der Waals surface area contributed by atoms with Gasteiger partial charge in [0.25, 0.3) is 11.5 Å². The van der Waals surface area contributed by atoms with E-state index in [0.717, 1.165) is 16.6 Å². The molecule has 0 radical (unpaired) electrons. The van der Waals surface area contributed by atoms with E-state index in [1.807, 2.05) is 30.5 Å². The Labute approximate surface area is 210 Å². The number of aromatic nitrogens is 5. The fourth-order valence-corrected chi connectivity index (χ4v) is 4.92. The molecule has 3 aromatic heterocycles. The molecule has 0 bridgehead atoms. The van der Waals surface area contributed by atoms with Crippen LogP contribution >= 0.6 is 11.6 Å². The normalized spacial score (nSPS) is 15.6. The third kappa shape index (κ3) is 3.96. The number of amides is 1. The standard InChI is InChI=1S/C26H23ClN6O3/c27-19-3-5-20(6-4-19)33-23-21(14-30-33)25(35)32(16-29-23)15-26(36)8-11-31(12-9-26)24(34)18-2-1-17-7-10-28-22(17)13-18/h1-7,10,13-14,16,28,36H,8-9,11-12,15H2. The van der Waals surface area contributed by atoms with E-state index in [4.69, 9.17) is 11.6 Å². The molecule has 10 heteroatoms. The maximum Gasteiger partial charge on any atom is 0.264 e. The lowest BCUT2D eigenvalue weighted by Gasteiger charge is -2.38. The molecule has 2 aromatic carbocycles. The summed E-state index contributed by atoms with van der Waals surface area (Å²) in [5.41, 5.74) is 1.31.